The number of benzene rings is 2. The predicted octanol–water partition coefficient (Wildman–Crippen LogP) is 3.88. The van der Waals surface area contributed by atoms with Crippen molar-refractivity contribution in [3.63, 3.8) is 0 Å². The van der Waals surface area contributed by atoms with Crippen LogP contribution in [-0.4, -0.2) is 22.2 Å². The van der Waals surface area contributed by atoms with E-state index in [1.807, 2.05) is 26.0 Å². The lowest BCUT2D eigenvalue weighted by atomic mass is 9.96. The maximum Gasteiger partial charge on any atom is 0.335 e. The van der Waals surface area contributed by atoms with Crippen LogP contribution in [0.25, 0.3) is 0 Å². The minimum Gasteiger partial charge on any atom is -0.478 e. The Bertz CT molecular complexity index is 684. The number of carbonyl (C=O) groups is 2. The second-order valence-corrected chi connectivity index (χ2v) is 5.75. The van der Waals surface area contributed by atoms with E-state index in [4.69, 9.17) is 10.2 Å². The van der Waals surface area contributed by atoms with Crippen LogP contribution in [0.3, 0.4) is 0 Å². The molecule has 2 rings (SSSR count). The molecule has 0 aliphatic heterocycles. The summed E-state index contributed by atoms with van der Waals surface area (Å²) in [6.07, 6.45) is 2.66. The zero-order valence-corrected chi connectivity index (χ0v) is 13.3. The lowest BCUT2D eigenvalue weighted by Gasteiger charge is -2.09. The lowest BCUT2D eigenvalue weighted by Crippen LogP contribution is -2.01. The van der Waals surface area contributed by atoms with Crippen molar-refractivity contribution in [2.75, 3.05) is 0 Å². The molecule has 0 amide bonds. The Kier molecular flexibility index (Phi) is 5.16. The van der Waals surface area contributed by atoms with Gasteiger partial charge in [0.2, 0.25) is 0 Å². The molecule has 0 spiro atoms. The highest BCUT2D eigenvalue weighted by Gasteiger charge is 2.08. The fourth-order valence-electron chi connectivity index (χ4n) is 2.69. The van der Waals surface area contributed by atoms with Crippen LogP contribution in [0.15, 0.2) is 36.4 Å². The van der Waals surface area contributed by atoms with Crippen molar-refractivity contribution in [1.29, 1.82) is 0 Å². The SMILES string of the molecule is Cc1cc(C(=O)O)ccc1CCCc1ccc(C(=O)O)cc1C. The Morgan fingerprint density at radius 1 is 0.783 bits per heavy atom. The topological polar surface area (TPSA) is 74.6 Å². The molecule has 120 valence electrons. The van der Waals surface area contributed by atoms with Crippen LogP contribution in [0, 0.1) is 13.8 Å². The van der Waals surface area contributed by atoms with Crippen LogP contribution in [0.5, 0.6) is 0 Å². The average Bonchev–Trinajstić information content (AvgIpc) is 2.49. The van der Waals surface area contributed by atoms with Crippen LogP contribution in [0.2, 0.25) is 0 Å². The molecule has 23 heavy (non-hydrogen) atoms. The average molecular weight is 312 g/mol. The molecule has 4 nitrogen and oxygen atoms in total. The standard InChI is InChI=1S/C19H20O4/c1-12-10-16(18(20)21)8-6-14(12)4-3-5-15-7-9-17(19(22)23)11-13(15)2/h6-11H,3-5H2,1-2H3,(H,20,21)(H,22,23). The first-order valence-electron chi connectivity index (χ1n) is 7.54. The minimum atomic E-state index is -0.909. The Morgan fingerprint density at radius 2 is 1.17 bits per heavy atom. The van der Waals surface area contributed by atoms with Crippen molar-refractivity contribution in [3.8, 4) is 0 Å². The van der Waals surface area contributed by atoms with Gasteiger partial charge in [-0.3, -0.25) is 0 Å². The summed E-state index contributed by atoms with van der Waals surface area (Å²) in [6.45, 7) is 3.85. The summed E-state index contributed by atoms with van der Waals surface area (Å²) in [5.74, 6) is -1.82. The van der Waals surface area contributed by atoms with Gasteiger partial charge in [0.25, 0.3) is 0 Å². The first-order valence-corrected chi connectivity index (χ1v) is 7.54. The van der Waals surface area contributed by atoms with E-state index in [2.05, 4.69) is 0 Å². The van der Waals surface area contributed by atoms with E-state index >= 15 is 0 Å². The Morgan fingerprint density at radius 3 is 1.48 bits per heavy atom. The van der Waals surface area contributed by atoms with Gasteiger partial charge in [0.05, 0.1) is 11.1 Å². The first-order chi connectivity index (χ1) is 10.9. The van der Waals surface area contributed by atoms with Crippen LogP contribution < -0.4 is 0 Å². The summed E-state index contributed by atoms with van der Waals surface area (Å²) >= 11 is 0. The van der Waals surface area contributed by atoms with Gasteiger partial charge in [0, 0.05) is 0 Å². The second-order valence-electron chi connectivity index (χ2n) is 5.75. The Labute approximate surface area is 135 Å². The number of rotatable bonds is 6. The molecule has 0 unspecified atom stereocenters. The van der Waals surface area contributed by atoms with Crippen LogP contribution in [0.4, 0.5) is 0 Å². The van der Waals surface area contributed by atoms with Gasteiger partial charge in [-0.1, -0.05) is 12.1 Å². The molecular formula is C19H20O4. The highest BCUT2D eigenvalue weighted by molar-refractivity contribution is 5.88. The summed E-state index contributed by atoms with van der Waals surface area (Å²) in [5.41, 5.74) is 4.90. The van der Waals surface area contributed by atoms with E-state index < -0.39 is 11.9 Å². The van der Waals surface area contributed by atoms with Crippen molar-refractivity contribution >= 4 is 11.9 Å². The maximum absolute atomic E-state index is 10.9. The molecule has 0 atom stereocenters. The normalized spacial score (nSPS) is 10.5. The van der Waals surface area contributed by atoms with Gasteiger partial charge in [-0.05, 0) is 79.6 Å². The van der Waals surface area contributed by atoms with Crippen molar-refractivity contribution in [3.05, 3.63) is 69.8 Å². The molecule has 2 aromatic carbocycles. The van der Waals surface area contributed by atoms with E-state index in [1.165, 1.54) is 0 Å². The monoisotopic (exact) mass is 312 g/mol. The summed E-state index contributed by atoms with van der Waals surface area (Å²) in [4.78, 5) is 21.9. The number of aromatic carboxylic acids is 2. The molecule has 0 fully saturated rings. The van der Waals surface area contributed by atoms with Gasteiger partial charge in [0.15, 0.2) is 0 Å². The molecular weight excluding hydrogens is 292 g/mol. The molecule has 0 aliphatic rings. The second kappa shape index (κ2) is 7.09. The minimum absolute atomic E-state index is 0.311. The molecule has 0 aromatic heterocycles. The maximum atomic E-state index is 10.9. The van der Waals surface area contributed by atoms with E-state index in [0.29, 0.717) is 11.1 Å². The van der Waals surface area contributed by atoms with Crippen molar-refractivity contribution in [2.24, 2.45) is 0 Å². The fraction of sp³-hybridized carbons (Fsp3) is 0.263. The van der Waals surface area contributed by atoms with E-state index in [-0.39, 0.29) is 0 Å². The molecule has 2 N–H and O–H groups in total. The third-order valence-corrected chi connectivity index (χ3v) is 4.07. The van der Waals surface area contributed by atoms with Crippen LogP contribution >= 0.6 is 0 Å². The first kappa shape index (κ1) is 16.7. The van der Waals surface area contributed by atoms with Gasteiger partial charge in [-0.2, -0.15) is 0 Å². The van der Waals surface area contributed by atoms with Gasteiger partial charge in [0.1, 0.15) is 0 Å². The van der Waals surface area contributed by atoms with Gasteiger partial charge in [-0.25, -0.2) is 9.59 Å². The van der Waals surface area contributed by atoms with Crippen molar-refractivity contribution in [1.82, 2.24) is 0 Å². The summed E-state index contributed by atoms with van der Waals surface area (Å²) < 4.78 is 0. The number of carboxylic acids is 2. The molecule has 0 radical (unpaired) electrons. The summed E-state index contributed by atoms with van der Waals surface area (Å²) in [5, 5.41) is 18.0. The molecule has 0 heterocycles. The van der Waals surface area contributed by atoms with Gasteiger partial charge >= 0.3 is 11.9 Å². The highest BCUT2D eigenvalue weighted by atomic mass is 16.4. The highest BCUT2D eigenvalue weighted by Crippen LogP contribution is 2.17. The molecule has 2 aromatic rings. The summed E-state index contributed by atoms with van der Waals surface area (Å²) in [7, 11) is 0. The predicted molar refractivity (Wildman–Crippen MR) is 88.3 cm³/mol. The lowest BCUT2D eigenvalue weighted by molar-refractivity contribution is 0.0686. The molecule has 0 saturated carbocycles. The smallest absolute Gasteiger partial charge is 0.335 e. The van der Waals surface area contributed by atoms with Crippen molar-refractivity contribution < 1.29 is 19.8 Å². The van der Waals surface area contributed by atoms with E-state index in [1.54, 1.807) is 24.3 Å². The zero-order valence-electron chi connectivity index (χ0n) is 13.3. The third kappa shape index (κ3) is 4.19. The quantitative estimate of drug-likeness (QED) is 0.849. The zero-order chi connectivity index (χ0) is 17.0. The fourth-order valence-corrected chi connectivity index (χ4v) is 2.69. The number of hydrogen-bond acceptors (Lipinski definition) is 2. The molecule has 0 aliphatic carbocycles. The van der Waals surface area contributed by atoms with E-state index in [9.17, 15) is 9.59 Å². The van der Waals surface area contributed by atoms with Crippen molar-refractivity contribution in [2.45, 2.75) is 33.1 Å². The van der Waals surface area contributed by atoms with Crippen LogP contribution in [0.1, 0.15) is 49.4 Å². The Balaban J connectivity index is 2.00. The Hall–Kier alpha value is -2.62. The molecule has 0 bridgehead atoms. The number of aryl methyl sites for hydroxylation is 4. The van der Waals surface area contributed by atoms with Gasteiger partial charge in [-0.15, -0.1) is 0 Å². The van der Waals surface area contributed by atoms with Crippen LogP contribution in [-0.2, 0) is 12.8 Å². The number of carboxylic acid groups (broad SMARTS) is 2. The third-order valence-electron chi connectivity index (χ3n) is 4.07. The number of hydrogen-bond donors (Lipinski definition) is 2. The summed E-state index contributed by atoms with van der Waals surface area (Å²) in [6, 6.07) is 10.4. The van der Waals surface area contributed by atoms with E-state index in [0.717, 1.165) is 41.5 Å². The molecule has 0 saturated heterocycles. The molecule has 4 heteroatoms. The largest absolute Gasteiger partial charge is 0.478 e. The van der Waals surface area contributed by atoms with Gasteiger partial charge < -0.3 is 10.2 Å².